The summed E-state index contributed by atoms with van der Waals surface area (Å²) in [6, 6.07) is 14.3. The van der Waals surface area contributed by atoms with Gasteiger partial charge in [-0.15, -0.1) is 0 Å². The molecule has 30 heavy (non-hydrogen) atoms. The van der Waals surface area contributed by atoms with Crippen LogP contribution >= 0.6 is 28.1 Å². The van der Waals surface area contributed by atoms with E-state index < -0.39 is 0 Å². The first kappa shape index (κ1) is 22.1. The molecule has 8 heteroatoms. The first-order valence-electron chi connectivity index (χ1n) is 9.52. The Morgan fingerprint density at radius 3 is 2.47 bits per heavy atom. The number of thiocarbonyl (C=S) groups is 1. The van der Waals surface area contributed by atoms with Gasteiger partial charge in [-0.1, -0.05) is 35.9 Å². The molecule has 0 unspecified atom stereocenters. The Hall–Kier alpha value is -2.58. The van der Waals surface area contributed by atoms with Crippen LogP contribution in [0.3, 0.4) is 0 Å². The molecule has 158 valence electrons. The van der Waals surface area contributed by atoms with Crippen molar-refractivity contribution >= 4 is 39.1 Å². The molecule has 2 aromatic carbocycles. The highest BCUT2D eigenvalue weighted by Crippen LogP contribution is 2.27. The number of aromatic nitrogens is 2. The highest BCUT2D eigenvalue weighted by Gasteiger charge is 2.09. The Labute approximate surface area is 190 Å². The van der Waals surface area contributed by atoms with Crippen LogP contribution in [0.1, 0.15) is 16.7 Å². The number of anilines is 1. The summed E-state index contributed by atoms with van der Waals surface area (Å²) in [5.41, 5.74) is 3.57. The van der Waals surface area contributed by atoms with E-state index in [-0.39, 0.29) is 0 Å². The molecule has 0 bridgehead atoms. The highest BCUT2D eigenvalue weighted by molar-refractivity contribution is 9.10. The fourth-order valence-corrected chi connectivity index (χ4v) is 3.57. The van der Waals surface area contributed by atoms with Crippen LogP contribution in [0.4, 0.5) is 5.82 Å². The Bertz CT molecular complexity index is 1000. The fraction of sp³-hybridized carbons (Fsp3) is 0.273. The zero-order chi connectivity index (χ0) is 21.5. The molecule has 0 amide bonds. The second-order valence-corrected chi connectivity index (χ2v) is 8.09. The Morgan fingerprint density at radius 2 is 1.77 bits per heavy atom. The Morgan fingerprint density at radius 1 is 1.07 bits per heavy atom. The molecule has 1 heterocycles. The van der Waals surface area contributed by atoms with Crippen molar-refractivity contribution in [2.24, 2.45) is 0 Å². The number of hydrogen-bond donors (Lipinski definition) is 2. The number of nitrogens with zero attached hydrogens (tertiary/aromatic N) is 2. The van der Waals surface area contributed by atoms with Crippen molar-refractivity contribution in [1.29, 1.82) is 0 Å². The van der Waals surface area contributed by atoms with Crippen LogP contribution in [0.2, 0.25) is 0 Å². The van der Waals surface area contributed by atoms with E-state index in [1.54, 1.807) is 14.2 Å². The molecule has 0 aliphatic carbocycles. The van der Waals surface area contributed by atoms with E-state index in [0.717, 1.165) is 28.0 Å². The molecule has 3 aromatic rings. The van der Waals surface area contributed by atoms with Crippen LogP contribution in [0, 0.1) is 6.92 Å². The summed E-state index contributed by atoms with van der Waals surface area (Å²) >= 11 is 8.96. The van der Waals surface area contributed by atoms with Gasteiger partial charge in [-0.2, -0.15) is 5.10 Å². The third-order valence-corrected chi connectivity index (χ3v) is 5.39. The SMILES string of the molecule is COc1ccc(CCNC(=S)Nc2nn(Cc3ccc(C)cc3)cc2Br)cc1OC. The van der Waals surface area contributed by atoms with Gasteiger partial charge in [0.15, 0.2) is 22.4 Å². The normalized spacial score (nSPS) is 10.5. The van der Waals surface area contributed by atoms with Crippen molar-refractivity contribution in [3.63, 3.8) is 0 Å². The van der Waals surface area contributed by atoms with Crippen molar-refractivity contribution in [3.8, 4) is 11.5 Å². The van der Waals surface area contributed by atoms with Gasteiger partial charge in [0.25, 0.3) is 0 Å². The maximum Gasteiger partial charge on any atom is 0.172 e. The van der Waals surface area contributed by atoms with E-state index in [0.29, 0.717) is 24.0 Å². The van der Waals surface area contributed by atoms with Crippen molar-refractivity contribution in [3.05, 3.63) is 69.8 Å². The zero-order valence-electron chi connectivity index (χ0n) is 17.2. The maximum absolute atomic E-state index is 5.42. The van der Waals surface area contributed by atoms with E-state index in [1.165, 1.54) is 11.1 Å². The lowest BCUT2D eigenvalue weighted by Crippen LogP contribution is -2.30. The molecule has 0 fully saturated rings. The van der Waals surface area contributed by atoms with Crippen LogP contribution in [0.15, 0.2) is 53.1 Å². The van der Waals surface area contributed by atoms with Crippen molar-refractivity contribution in [1.82, 2.24) is 15.1 Å². The molecule has 3 rings (SSSR count). The summed E-state index contributed by atoms with van der Waals surface area (Å²) in [7, 11) is 3.26. The third kappa shape index (κ3) is 5.96. The van der Waals surface area contributed by atoms with Gasteiger partial charge in [0.1, 0.15) is 0 Å². The quantitative estimate of drug-likeness (QED) is 0.453. The summed E-state index contributed by atoms with van der Waals surface area (Å²) in [6.07, 6.45) is 2.74. The number of ether oxygens (including phenoxy) is 2. The summed E-state index contributed by atoms with van der Waals surface area (Å²) in [5, 5.41) is 11.5. The largest absolute Gasteiger partial charge is 0.493 e. The van der Waals surface area contributed by atoms with Crippen LogP contribution in [-0.4, -0.2) is 35.7 Å². The molecule has 6 nitrogen and oxygen atoms in total. The molecule has 0 spiro atoms. The molecule has 0 radical (unpaired) electrons. The van der Waals surface area contributed by atoms with Crippen LogP contribution in [0.5, 0.6) is 11.5 Å². The number of hydrogen-bond acceptors (Lipinski definition) is 4. The van der Waals surface area contributed by atoms with E-state index in [4.69, 9.17) is 21.7 Å². The molecular weight excluding hydrogens is 464 g/mol. The molecule has 2 N–H and O–H groups in total. The van der Waals surface area contributed by atoms with E-state index in [2.05, 4.69) is 62.9 Å². The first-order chi connectivity index (χ1) is 14.5. The van der Waals surface area contributed by atoms with Crippen molar-refractivity contribution in [2.45, 2.75) is 19.9 Å². The van der Waals surface area contributed by atoms with Crippen LogP contribution < -0.4 is 20.1 Å². The number of nitrogens with one attached hydrogen (secondary N) is 2. The summed E-state index contributed by atoms with van der Waals surface area (Å²) in [5.74, 6) is 2.13. The number of benzene rings is 2. The minimum atomic E-state index is 0.525. The van der Waals surface area contributed by atoms with Gasteiger partial charge >= 0.3 is 0 Å². The smallest absolute Gasteiger partial charge is 0.172 e. The monoisotopic (exact) mass is 488 g/mol. The number of rotatable bonds is 8. The molecule has 0 saturated heterocycles. The average Bonchev–Trinajstić information content (AvgIpc) is 3.08. The first-order valence-corrected chi connectivity index (χ1v) is 10.7. The van der Waals surface area contributed by atoms with E-state index in [9.17, 15) is 0 Å². The van der Waals surface area contributed by atoms with Gasteiger partial charge in [0, 0.05) is 12.7 Å². The van der Waals surface area contributed by atoms with E-state index in [1.807, 2.05) is 29.1 Å². The molecule has 0 saturated carbocycles. The van der Waals surface area contributed by atoms with Crippen LogP contribution in [0.25, 0.3) is 0 Å². The summed E-state index contributed by atoms with van der Waals surface area (Å²) in [4.78, 5) is 0. The van der Waals surface area contributed by atoms with Crippen molar-refractivity contribution in [2.75, 3.05) is 26.1 Å². The van der Waals surface area contributed by atoms with Gasteiger partial charge < -0.3 is 20.1 Å². The third-order valence-electron chi connectivity index (χ3n) is 4.56. The van der Waals surface area contributed by atoms with Crippen molar-refractivity contribution < 1.29 is 9.47 Å². The molecular formula is C22H25BrN4O2S. The Balaban J connectivity index is 1.51. The standard InChI is InChI=1S/C22H25BrN4O2S/c1-15-4-6-17(7-5-15)13-27-14-18(23)21(26-27)25-22(30)24-11-10-16-8-9-19(28-2)20(12-16)29-3/h4-9,12,14H,10-11,13H2,1-3H3,(H2,24,25,26,30). The number of halogens is 1. The van der Waals surface area contributed by atoms with Gasteiger partial charge in [-0.3, -0.25) is 4.68 Å². The number of methoxy groups -OCH3 is 2. The summed E-state index contributed by atoms with van der Waals surface area (Å²) in [6.45, 7) is 3.46. The predicted molar refractivity (Wildman–Crippen MR) is 128 cm³/mol. The Kier molecular flexibility index (Phi) is 7.70. The van der Waals surface area contributed by atoms with Gasteiger partial charge in [0.2, 0.25) is 0 Å². The minimum Gasteiger partial charge on any atom is -0.493 e. The molecule has 0 aliphatic rings. The highest BCUT2D eigenvalue weighted by atomic mass is 79.9. The lowest BCUT2D eigenvalue weighted by molar-refractivity contribution is 0.354. The molecule has 0 aliphatic heterocycles. The maximum atomic E-state index is 5.42. The van der Waals surface area contributed by atoms with Gasteiger partial charge in [0.05, 0.1) is 25.2 Å². The lowest BCUT2D eigenvalue weighted by Gasteiger charge is -2.11. The predicted octanol–water partition coefficient (Wildman–Crippen LogP) is 4.55. The lowest BCUT2D eigenvalue weighted by atomic mass is 10.1. The zero-order valence-corrected chi connectivity index (χ0v) is 19.6. The average molecular weight is 489 g/mol. The second kappa shape index (κ2) is 10.4. The topological polar surface area (TPSA) is 60.3 Å². The van der Waals surface area contributed by atoms with Crippen LogP contribution in [-0.2, 0) is 13.0 Å². The fourth-order valence-electron chi connectivity index (χ4n) is 2.95. The van der Waals surface area contributed by atoms with Gasteiger partial charge in [-0.25, -0.2) is 0 Å². The second-order valence-electron chi connectivity index (χ2n) is 6.83. The molecule has 0 atom stereocenters. The minimum absolute atomic E-state index is 0.525. The molecule has 1 aromatic heterocycles. The number of aryl methyl sites for hydroxylation is 1. The van der Waals surface area contributed by atoms with E-state index >= 15 is 0 Å². The summed E-state index contributed by atoms with van der Waals surface area (Å²) < 4.78 is 13.4. The van der Waals surface area contributed by atoms with Gasteiger partial charge in [-0.05, 0) is 64.8 Å².